The van der Waals surface area contributed by atoms with Crippen molar-refractivity contribution in [2.75, 3.05) is 5.32 Å². The highest BCUT2D eigenvalue weighted by Gasteiger charge is 2.23. The van der Waals surface area contributed by atoms with Crippen molar-refractivity contribution in [2.45, 2.75) is 6.54 Å². The zero-order valence-corrected chi connectivity index (χ0v) is 13.9. The largest absolute Gasteiger partial charge is 0.346 e. The quantitative estimate of drug-likeness (QED) is 0.735. The molecule has 0 aliphatic carbocycles. The van der Waals surface area contributed by atoms with Gasteiger partial charge in [0, 0.05) is 31.5 Å². The lowest BCUT2D eigenvalue weighted by Gasteiger charge is -2.05. The molecule has 2 heterocycles. The number of amides is 2. The van der Waals surface area contributed by atoms with Gasteiger partial charge in [-0.15, -0.1) is 0 Å². The highest BCUT2D eigenvalue weighted by Crippen LogP contribution is 2.18. The van der Waals surface area contributed by atoms with E-state index in [4.69, 9.17) is 0 Å². The molecule has 2 N–H and O–H groups in total. The number of halogens is 1. The SMILES string of the molecule is Cn1nc(C(=O)NCc2cccnc2)c(F)c1NC(=O)c1ccccc1. The van der Waals surface area contributed by atoms with Gasteiger partial charge < -0.3 is 10.6 Å². The molecule has 3 aromatic rings. The van der Waals surface area contributed by atoms with Gasteiger partial charge in [0.1, 0.15) is 0 Å². The lowest BCUT2D eigenvalue weighted by atomic mass is 10.2. The predicted octanol–water partition coefficient (Wildman–Crippen LogP) is 2.14. The van der Waals surface area contributed by atoms with Crippen LogP contribution in [0.4, 0.5) is 10.2 Å². The Bertz CT molecular complexity index is 926. The third kappa shape index (κ3) is 3.75. The number of aryl methyl sites for hydroxylation is 1. The number of anilines is 1. The molecule has 7 nitrogen and oxygen atoms in total. The minimum absolute atomic E-state index is 0.176. The Morgan fingerprint density at radius 3 is 2.58 bits per heavy atom. The number of nitrogens with one attached hydrogen (secondary N) is 2. The van der Waals surface area contributed by atoms with Crippen LogP contribution < -0.4 is 10.6 Å². The van der Waals surface area contributed by atoms with Crippen molar-refractivity contribution in [1.29, 1.82) is 0 Å². The zero-order valence-electron chi connectivity index (χ0n) is 13.9. The maximum atomic E-state index is 14.6. The first-order valence-electron chi connectivity index (χ1n) is 7.82. The lowest BCUT2D eigenvalue weighted by Crippen LogP contribution is -2.24. The van der Waals surface area contributed by atoms with Crippen molar-refractivity contribution in [3.8, 4) is 0 Å². The lowest BCUT2D eigenvalue weighted by molar-refractivity contribution is 0.0940. The fourth-order valence-corrected chi connectivity index (χ4v) is 2.32. The van der Waals surface area contributed by atoms with Crippen LogP contribution in [0.1, 0.15) is 26.4 Å². The molecule has 0 aliphatic heterocycles. The van der Waals surface area contributed by atoms with Crippen molar-refractivity contribution in [3.05, 3.63) is 77.5 Å². The van der Waals surface area contributed by atoms with E-state index < -0.39 is 17.6 Å². The number of nitrogens with zero attached hydrogens (tertiary/aromatic N) is 3. The van der Waals surface area contributed by atoms with Crippen LogP contribution in [-0.4, -0.2) is 26.6 Å². The van der Waals surface area contributed by atoms with E-state index in [1.807, 2.05) is 0 Å². The Morgan fingerprint density at radius 2 is 1.88 bits per heavy atom. The molecule has 1 aromatic carbocycles. The monoisotopic (exact) mass is 353 g/mol. The number of hydrogen-bond acceptors (Lipinski definition) is 4. The average Bonchev–Trinajstić information content (AvgIpc) is 2.96. The second kappa shape index (κ2) is 7.56. The third-order valence-electron chi connectivity index (χ3n) is 3.65. The smallest absolute Gasteiger partial charge is 0.275 e. The van der Waals surface area contributed by atoms with Gasteiger partial charge >= 0.3 is 0 Å². The van der Waals surface area contributed by atoms with Crippen LogP contribution in [0.5, 0.6) is 0 Å². The number of aromatic nitrogens is 3. The number of carbonyl (C=O) groups excluding carboxylic acids is 2. The van der Waals surface area contributed by atoms with Gasteiger partial charge in [0.25, 0.3) is 11.8 Å². The van der Waals surface area contributed by atoms with E-state index in [0.717, 1.165) is 10.2 Å². The molecular weight excluding hydrogens is 337 g/mol. The van der Waals surface area contributed by atoms with Crippen LogP contribution >= 0.6 is 0 Å². The molecule has 8 heteroatoms. The van der Waals surface area contributed by atoms with Crippen LogP contribution in [0.15, 0.2) is 54.9 Å². The summed E-state index contributed by atoms with van der Waals surface area (Å²) in [6.45, 7) is 0.189. The van der Waals surface area contributed by atoms with Crippen LogP contribution in [-0.2, 0) is 13.6 Å². The van der Waals surface area contributed by atoms with Gasteiger partial charge in [0.15, 0.2) is 17.3 Å². The molecule has 0 saturated heterocycles. The summed E-state index contributed by atoms with van der Waals surface area (Å²) in [4.78, 5) is 28.3. The Kier molecular flexibility index (Phi) is 5.02. The van der Waals surface area contributed by atoms with Gasteiger partial charge in [-0.2, -0.15) is 5.10 Å². The molecule has 0 radical (unpaired) electrons. The first-order valence-corrected chi connectivity index (χ1v) is 7.82. The van der Waals surface area contributed by atoms with E-state index in [-0.39, 0.29) is 18.1 Å². The standard InChI is InChI=1S/C18H16FN5O2/c1-24-16(22-17(25)13-7-3-2-4-8-13)14(19)15(23-24)18(26)21-11-12-6-5-9-20-10-12/h2-10H,11H2,1H3,(H,21,26)(H,22,25). The van der Waals surface area contributed by atoms with E-state index in [0.29, 0.717) is 5.56 Å². The van der Waals surface area contributed by atoms with E-state index in [1.54, 1.807) is 54.9 Å². The van der Waals surface area contributed by atoms with Crippen molar-refractivity contribution < 1.29 is 14.0 Å². The molecule has 0 unspecified atom stereocenters. The van der Waals surface area contributed by atoms with Crippen molar-refractivity contribution in [1.82, 2.24) is 20.1 Å². The minimum Gasteiger partial charge on any atom is -0.346 e. The molecule has 0 spiro atoms. The summed E-state index contributed by atoms with van der Waals surface area (Å²) in [6, 6.07) is 11.9. The summed E-state index contributed by atoms with van der Waals surface area (Å²) in [5.41, 5.74) is 0.755. The van der Waals surface area contributed by atoms with Gasteiger partial charge in [0.2, 0.25) is 0 Å². The van der Waals surface area contributed by atoms with Crippen molar-refractivity contribution in [2.24, 2.45) is 7.05 Å². The number of pyridine rings is 1. The first kappa shape index (κ1) is 17.3. The Balaban J connectivity index is 1.73. The summed E-state index contributed by atoms with van der Waals surface area (Å²) in [5.74, 6) is -2.23. The number of hydrogen-bond donors (Lipinski definition) is 2. The second-order valence-corrected chi connectivity index (χ2v) is 5.50. The second-order valence-electron chi connectivity index (χ2n) is 5.50. The molecule has 0 aliphatic rings. The highest BCUT2D eigenvalue weighted by atomic mass is 19.1. The average molecular weight is 353 g/mol. The summed E-state index contributed by atoms with van der Waals surface area (Å²) >= 11 is 0. The molecular formula is C18H16FN5O2. The van der Waals surface area contributed by atoms with Crippen LogP contribution in [0.25, 0.3) is 0 Å². The summed E-state index contributed by atoms with van der Waals surface area (Å²) in [5, 5.41) is 8.88. The first-order chi connectivity index (χ1) is 12.6. The maximum absolute atomic E-state index is 14.6. The third-order valence-corrected chi connectivity index (χ3v) is 3.65. The predicted molar refractivity (Wildman–Crippen MR) is 93.0 cm³/mol. The molecule has 0 bridgehead atoms. The minimum atomic E-state index is -0.888. The Hall–Kier alpha value is -3.55. The number of rotatable bonds is 5. The molecule has 26 heavy (non-hydrogen) atoms. The molecule has 3 rings (SSSR count). The van der Waals surface area contributed by atoms with Gasteiger partial charge in [-0.05, 0) is 23.8 Å². The molecule has 2 aromatic heterocycles. The normalized spacial score (nSPS) is 10.4. The van der Waals surface area contributed by atoms with Crippen LogP contribution in [0.2, 0.25) is 0 Å². The summed E-state index contributed by atoms with van der Waals surface area (Å²) in [7, 11) is 1.45. The molecule has 2 amide bonds. The van der Waals surface area contributed by atoms with Crippen molar-refractivity contribution in [3.63, 3.8) is 0 Å². The van der Waals surface area contributed by atoms with Gasteiger partial charge in [0.05, 0.1) is 0 Å². The Labute approximate surface area is 148 Å². The molecule has 132 valence electrons. The van der Waals surface area contributed by atoms with Crippen LogP contribution in [0, 0.1) is 5.82 Å². The fourth-order valence-electron chi connectivity index (χ4n) is 2.32. The zero-order chi connectivity index (χ0) is 18.5. The Morgan fingerprint density at radius 1 is 1.12 bits per heavy atom. The van der Waals surface area contributed by atoms with E-state index in [2.05, 4.69) is 20.7 Å². The van der Waals surface area contributed by atoms with Crippen LogP contribution in [0.3, 0.4) is 0 Å². The van der Waals surface area contributed by atoms with Crippen molar-refractivity contribution >= 4 is 17.6 Å². The maximum Gasteiger partial charge on any atom is 0.275 e. The summed E-state index contributed by atoms with van der Waals surface area (Å²) < 4.78 is 15.7. The highest BCUT2D eigenvalue weighted by molar-refractivity contribution is 6.04. The van der Waals surface area contributed by atoms with Gasteiger partial charge in [-0.1, -0.05) is 24.3 Å². The van der Waals surface area contributed by atoms with E-state index in [1.165, 1.54) is 7.05 Å². The fraction of sp³-hybridized carbons (Fsp3) is 0.111. The molecule has 0 atom stereocenters. The molecule has 0 fully saturated rings. The number of benzene rings is 1. The van der Waals surface area contributed by atoms with Gasteiger partial charge in [-0.3, -0.25) is 14.6 Å². The van der Waals surface area contributed by atoms with E-state index >= 15 is 0 Å². The van der Waals surface area contributed by atoms with Gasteiger partial charge in [-0.25, -0.2) is 9.07 Å². The van der Waals surface area contributed by atoms with E-state index in [9.17, 15) is 14.0 Å². The molecule has 0 saturated carbocycles. The number of carbonyl (C=O) groups is 2. The summed E-state index contributed by atoms with van der Waals surface area (Å²) in [6.07, 6.45) is 3.21. The topological polar surface area (TPSA) is 88.9 Å².